The van der Waals surface area contributed by atoms with E-state index in [1.807, 2.05) is 65.6 Å². The summed E-state index contributed by atoms with van der Waals surface area (Å²) in [5.74, 6) is -0.758. The summed E-state index contributed by atoms with van der Waals surface area (Å²) in [5.41, 5.74) is 8.82. The molecular formula is C24H25N2O6S4-. The van der Waals surface area contributed by atoms with Crippen molar-refractivity contribution >= 4 is 65.2 Å². The summed E-state index contributed by atoms with van der Waals surface area (Å²) in [6.07, 6.45) is 4.61. The normalized spacial score (nSPS) is 15.7. The maximum Gasteiger partial charge on any atom is 0.264 e. The predicted octanol–water partition coefficient (Wildman–Crippen LogP) is 4.41. The molecule has 192 valence electrons. The first kappa shape index (κ1) is 26.7. The highest BCUT2D eigenvalue weighted by molar-refractivity contribution is 8.03. The van der Waals surface area contributed by atoms with Gasteiger partial charge >= 0.3 is 0 Å². The fourth-order valence-electron chi connectivity index (χ4n) is 4.05. The molecule has 0 saturated carbocycles. The van der Waals surface area contributed by atoms with E-state index in [4.69, 9.17) is 10.3 Å². The zero-order chi connectivity index (χ0) is 25.9. The van der Waals surface area contributed by atoms with Gasteiger partial charge < -0.3 is 15.2 Å². The molecular weight excluding hydrogens is 541 g/mol. The minimum atomic E-state index is -4.30. The number of benzene rings is 2. The number of nitrogens with two attached hydrogens (primary N) is 1. The summed E-state index contributed by atoms with van der Waals surface area (Å²) in [6, 6.07) is 15.6. The van der Waals surface area contributed by atoms with E-state index in [9.17, 15) is 21.4 Å². The smallest absolute Gasteiger partial charge is 0.264 e. The van der Waals surface area contributed by atoms with Crippen LogP contribution in [0.15, 0.2) is 70.2 Å². The van der Waals surface area contributed by atoms with Crippen molar-refractivity contribution in [1.82, 2.24) is 0 Å². The Bertz CT molecular complexity index is 1540. The average Bonchev–Trinajstić information content (AvgIpc) is 3.30. The highest BCUT2D eigenvalue weighted by Gasteiger charge is 2.24. The summed E-state index contributed by atoms with van der Waals surface area (Å²) < 4.78 is 65.8. The molecule has 8 nitrogen and oxygen atoms in total. The Morgan fingerprint density at radius 1 is 1.03 bits per heavy atom. The number of anilines is 1. The third-order valence-electron chi connectivity index (χ3n) is 5.56. The number of hydrogen-bond acceptors (Lipinski definition) is 9. The van der Waals surface area contributed by atoms with Crippen molar-refractivity contribution in [3.05, 3.63) is 75.8 Å². The number of aryl methyl sites for hydroxylation is 1. The van der Waals surface area contributed by atoms with Crippen LogP contribution in [0.1, 0.15) is 23.3 Å². The fraction of sp³-hybridized carbons (Fsp3) is 0.250. The molecule has 3 N–H and O–H groups in total. The number of hydrogen-bond donors (Lipinski definition) is 2. The van der Waals surface area contributed by atoms with E-state index in [1.54, 1.807) is 11.3 Å². The highest BCUT2D eigenvalue weighted by Crippen LogP contribution is 2.46. The van der Waals surface area contributed by atoms with Crippen LogP contribution in [0.3, 0.4) is 0 Å². The summed E-state index contributed by atoms with van der Waals surface area (Å²) in [5, 5.41) is 1.84. The van der Waals surface area contributed by atoms with Gasteiger partial charge in [0.25, 0.3) is 10.1 Å². The fourth-order valence-corrected chi connectivity index (χ4v) is 7.41. The Morgan fingerprint density at radius 2 is 1.75 bits per heavy atom. The number of allylic oxidation sites excluding steroid dienone is 1. The molecule has 1 aliphatic rings. The van der Waals surface area contributed by atoms with Gasteiger partial charge in [0.15, 0.2) is 0 Å². The standard InChI is InChI=1S/C24H26N2O6S4/c25-17(15-23-19(8-5-13-35(27,28)29)18-7-1-3-10-21(18)33-23)16-24-26(12-6-14-36(30,31)32)20-9-2-4-11-22(20)34-24/h1-4,7,9-11,15-16H,5-6,8,12-14,25H2,(H,27,28,29)(H,30,31,32)/p-1/b17-15-,24-16-. The van der Waals surface area contributed by atoms with Crippen LogP contribution in [0.4, 0.5) is 5.69 Å². The molecule has 3 aromatic rings. The summed E-state index contributed by atoms with van der Waals surface area (Å²) >= 11 is 3.07. The minimum Gasteiger partial charge on any atom is -0.748 e. The molecule has 0 bridgehead atoms. The van der Waals surface area contributed by atoms with Gasteiger partial charge in [0.2, 0.25) is 0 Å². The van der Waals surface area contributed by atoms with Crippen molar-refractivity contribution < 1.29 is 25.9 Å². The number of nitrogens with zero attached hydrogens (tertiary/aromatic N) is 1. The number of rotatable bonds is 10. The Balaban J connectivity index is 1.63. The van der Waals surface area contributed by atoms with Gasteiger partial charge in [0.05, 0.1) is 26.6 Å². The molecule has 0 radical (unpaired) electrons. The number of thioether (sulfide) groups is 1. The molecule has 4 rings (SSSR count). The van der Waals surface area contributed by atoms with Gasteiger partial charge in [-0.15, -0.1) is 11.3 Å². The van der Waals surface area contributed by atoms with Crippen LogP contribution in [-0.2, 0) is 26.7 Å². The van der Waals surface area contributed by atoms with Crippen molar-refractivity contribution in [2.24, 2.45) is 5.73 Å². The molecule has 2 heterocycles. The van der Waals surface area contributed by atoms with E-state index in [2.05, 4.69) is 0 Å². The third kappa shape index (κ3) is 6.90. The molecule has 0 atom stereocenters. The Labute approximate surface area is 219 Å². The third-order valence-corrected chi connectivity index (χ3v) is 9.43. The van der Waals surface area contributed by atoms with Crippen LogP contribution in [0.5, 0.6) is 0 Å². The lowest BCUT2D eigenvalue weighted by Crippen LogP contribution is -2.22. The second kappa shape index (κ2) is 11.0. The quantitative estimate of drug-likeness (QED) is 0.342. The lowest BCUT2D eigenvalue weighted by atomic mass is 10.1. The molecule has 1 aromatic heterocycles. The highest BCUT2D eigenvalue weighted by atomic mass is 32.2. The molecule has 36 heavy (non-hydrogen) atoms. The molecule has 1 aliphatic heterocycles. The Morgan fingerprint density at radius 3 is 2.50 bits per heavy atom. The van der Waals surface area contributed by atoms with Crippen molar-refractivity contribution in [3.8, 4) is 0 Å². The van der Waals surface area contributed by atoms with Crippen LogP contribution < -0.4 is 10.6 Å². The second-order valence-electron chi connectivity index (χ2n) is 8.29. The molecule has 0 saturated heterocycles. The molecule has 0 amide bonds. The largest absolute Gasteiger partial charge is 0.748 e. The van der Waals surface area contributed by atoms with Gasteiger partial charge in [0.1, 0.15) is 0 Å². The van der Waals surface area contributed by atoms with Crippen LogP contribution in [-0.4, -0.2) is 44.0 Å². The van der Waals surface area contributed by atoms with E-state index in [-0.39, 0.29) is 18.6 Å². The van der Waals surface area contributed by atoms with Gasteiger partial charge in [-0.05, 0) is 60.6 Å². The molecule has 0 unspecified atom stereocenters. The SMILES string of the molecule is NC(=C\c1sc2ccccc2c1CCCS(=O)(=O)O)/C=C1\Sc2ccccc2N1CCCS(=O)(=O)[O-]. The number of thiophene rings is 1. The topological polar surface area (TPSA) is 141 Å². The van der Waals surface area contributed by atoms with Crippen molar-refractivity contribution in [2.45, 2.75) is 24.2 Å². The maximum atomic E-state index is 11.2. The molecule has 2 aromatic carbocycles. The van der Waals surface area contributed by atoms with E-state index in [1.165, 1.54) is 11.8 Å². The van der Waals surface area contributed by atoms with Gasteiger partial charge in [-0.2, -0.15) is 8.42 Å². The predicted molar refractivity (Wildman–Crippen MR) is 146 cm³/mol. The maximum absolute atomic E-state index is 11.2. The minimum absolute atomic E-state index is 0.190. The average molecular weight is 566 g/mol. The van der Waals surface area contributed by atoms with Crippen molar-refractivity contribution in [3.63, 3.8) is 0 Å². The van der Waals surface area contributed by atoms with E-state index in [0.717, 1.165) is 36.1 Å². The van der Waals surface area contributed by atoms with Gasteiger partial charge in [0, 0.05) is 32.5 Å². The van der Waals surface area contributed by atoms with Crippen molar-refractivity contribution in [1.29, 1.82) is 0 Å². The monoisotopic (exact) mass is 565 g/mol. The van der Waals surface area contributed by atoms with Crippen LogP contribution in [0.25, 0.3) is 16.2 Å². The lowest BCUT2D eigenvalue weighted by Gasteiger charge is -2.21. The second-order valence-corrected chi connectivity index (χ2v) is 13.5. The Kier molecular flexibility index (Phi) is 8.12. The molecule has 0 aliphatic carbocycles. The van der Waals surface area contributed by atoms with Crippen LogP contribution in [0.2, 0.25) is 0 Å². The van der Waals surface area contributed by atoms with Crippen LogP contribution >= 0.6 is 23.1 Å². The van der Waals surface area contributed by atoms with Gasteiger partial charge in [-0.25, -0.2) is 8.42 Å². The molecule has 0 spiro atoms. The van der Waals surface area contributed by atoms with Gasteiger partial charge in [-0.1, -0.05) is 42.1 Å². The molecule has 0 fully saturated rings. The number of para-hydroxylation sites is 1. The zero-order valence-electron chi connectivity index (χ0n) is 19.2. The Hall–Kier alpha value is -2.35. The summed E-state index contributed by atoms with van der Waals surface area (Å²) in [6.45, 7) is 0.356. The first-order valence-corrected chi connectivity index (χ1v) is 15.9. The van der Waals surface area contributed by atoms with Crippen LogP contribution in [0, 0.1) is 0 Å². The molecule has 12 heteroatoms. The summed E-state index contributed by atoms with van der Waals surface area (Å²) in [7, 11) is -8.34. The number of fused-ring (bicyclic) bond motifs is 2. The van der Waals surface area contributed by atoms with Crippen molar-refractivity contribution in [2.75, 3.05) is 23.0 Å². The van der Waals surface area contributed by atoms with E-state index < -0.39 is 26.0 Å². The zero-order valence-corrected chi connectivity index (χ0v) is 22.4. The summed E-state index contributed by atoms with van der Waals surface area (Å²) in [4.78, 5) is 3.88. The lowest BCUT2D eigenvalue weighted by molar-refractivity contribution is 0.461. The van der Waals surface area contributed by atoms with E-state index >= 15 is 0 Å². The first-order chi connectivity index (χ1) is 17.0. The van der Waals surface area contributed by atoms with Gasteiger partial charge in [-0.3, -0.25) is 4.55 Å². The van der Waals surface area contributed by atoms with E-state index in [0.29, 0.717) is 18.7 Å². The first-order valence-electron chi connectivity index (χ1n) is 11.1.